The van der Waals surface area contributed by atoms with Gasteiger partial charge in [0.15, 0.2) is 0 Å². The van der Waals surface area contributed by atoms with Crippen LogP contribution in [0.2, 0.25) is 0 Å². The molecule has 2 heteroatoms. The molecule has 0 amide bonds. The second-order valence-corrected chi connectivity index (χ2v) is 4.72. The molecule has 1 heterocycles. The van der Waals surface area contributed by atoms with Crippen LogP contribution in [0.1, 0.15) is 40.0 Å². The van der Waals surface area contributed by atoms with Gasteiger partial charge in [-0.05, 0) is 45.2 Å². The summed E-state index contributed by atoms with van der Waals surface area (Å²) in [6.45, 7) is 9.27. The molecule has 0 aliphatic carbocycles. The fraction of sp³-hybridized carbons (Fsp3) is 1.00. The van der Waals surface area contributed by atoms with Crippen molar-refractivity contribution >= 4 is 0 Å². The quantitative estimate of drug-likeness (QED) is 0.696. The van der Waals surface area contributed by atoms with E-state index in [9.17, 15) is 0 Å². The third kappa shape index (κ3) is 4.63. The molecule has 2 N–H and O–H groups in total. The van der Waals surface area contributed by atoms with Crippen LogP contribution in [-0.4, -0.2) is 25.2 Å². The molecule has 1 fully saturated rings. The van der Waals surface area contributed by atoms with Gasteiger partial charge in [0.1, 0.15) is 0 Å². The average Bonchev–Trinajstić information content (AvgIpc) is 2.04. The molecule has 1 aliphatic rings. The third-order valence-corrected chi connectivity index (χ3v) is 2.68. The summed E-state index contributed by atoms with van der Waals surface area (Å²) in [5.74, 6) is 0.809. The largest absolute Gasteiger partial charge is 0.317 e. The van der Waals surface area contributed by atoms with Gasteiger partial charge in [0.25, 0.3) is 0 Å². The summed E-state index contributed by atoms with van der Waals surface area (Å²) in [5, 5.41) is 7.10. The first-order valence-corrected chi connectivity index (χ1v) is 5.65. The van der Waals surface area contributed by atoms with Crippen molar-refractivity contribution in [2.45, 2.75) is 52.1 Å². The van der Waals surface area contributed by atoms with Crippen molar-refractivity contribution in [3.63, 3.8) is 0 Å². The van der Waals surface area contributed by atoms with Gasteiger partial charge in [-0.3, -0.25) is 0 Å². The molecule has 0 saturated carbocycles. The van der Waals surface area contributed by atoms with E-state index in [1.807, 2.05) is 0 Å². The van der Waals surface area contributed by atoms with Crippen LogP contribution in [0, 0.1) is 5.92 Å². The number of hydrogen-bond donors (Lipinski definition) is 2. The van der Waals surface area contributed by atoms with Crippen molar-refractivity contribution in [1.82, 2.24) is 10.6 Å². The number of rotatable bonds is 4. The molecule has 0 radical (unpaired) electrons. The van der Waals surface area contributed by atoms with E-state index < -0.39 is 0 Å². The predicted octanol–water partition coefficient (Wildman–Crippen LogP) is 1.76. The van der Waals surface area contributed by atoms with Gasteiger partial charge in [-0.15, -0.1) is 0 Å². The lowest BCUT2D eigenvalue weighted by atomic mass is 10.0. The number of hydrogen-bond acceptors (Lipinski definition) is 2. The molecule has 1 aliphatic heterocycles. The zero-order chi connectivity index (χ0) is 9.68. The van der Waals surface area contributed by atoms with Crippen LogP contribution in [0.15, 0.2) is 0 Å². The lowest BCUT2D eigenvalue weighted by molar-refractivity contribution is 0.331. The molecule has 1 saturated heterocycles. The van der Waals surface area contributed by atoms with Crippen molar-refractivity contribution < 1.29 is 0 Å². The van der Waals surface area contributed by atoms with Crippen molar-refractivity contribution in [2.75, 3.05) is 13.1 Å². The molecular formula is C11H24N2. The molecule has 0 aromatic heterocycles. The van der Waals surface area contributed by atoms with Crippen molar-refractivity contribution in [1.29, 1.82) is 0 Å². The molecular weight excluding hydrogens is 160 g/mol. The highest BCUT2D eigenvalue weighted by molar-refractivity contribution is 4.77. The molecule has 0 aromatic rings. The SMILES string of the molecule is CC(C)CC(C)NC1CCNCC1. The zero-order valence-electron chi connectivity index (χ0n) is 9.27. The summed E-state index contributed by atoms with van der Waals surface area (Å²) in [7, 11) is 0. The Hall–Kier alpha value is -0.0800. The van der Waals surface area contributed by atoms with Crippen LogP contribution >= 0.6 is 0 Å². The van der Waals surface area contributed by atoms with E-state index in [1.165, 1.54) is 32.4 Å². The predicted molar refractivity (Wildman–Crippen MR) is 57.9 cm³/mol. The Morgan fingerprint density at radius 3 is 2.38 bits per heavy atom. The minimum Gasteiger partial charge on any atom is -0.317 e. The van der Waals surface area contributed by atoms with Crippen molar-refractivity contribution in [2.24, 2.45) is 5.92 Å². The van der Waals surface area contributed by atoms with Crippen LogP contribution in [0.25, 0.3) is 0 Å². The molecule has 1 atom stereocenters. The summed E-state index contributed by atoms with van der Waals surface area (Å²) in [4.78, 5) is 0. The van der Waals surface area contributed by atoms with E-state index in [-0.39, 0.29) is 0 Å². The second-order valence-electron chi connectivity index (χ2n) is 4.72. The molecule has 1 unspecified atom stereocenters. The third-order valence-electron chi connectivity index (χ3n) is 2.68. The van der Waals surface area contributed by atoms with Gasteiger partial charge in [0.2, 0.25) is 0 Å². The highest BCUT2D eigenvalue weighted by Crippen LogP contribution is 2.08. The maximum atomic E-state index is 3.71. The molecule has 2 nitrogen and oxygen atoms in total. The van der Waals surface area contributed by atoms with Crippen LogP contribution in [-0.2, 0) is 0 Å². The van der Waals surface area contributed by atoms with Crippen molar-refractivity contribution in [3.8, 4) is 0 Å². The van der Waals surface area contributed by atoms with Crippen LogP contribution in [0.3, 0.4) is 0 Å². The normalized spacial score (nSPS) is 22.2. The molecule has 0 aromatic carbocycles. The van der Waals surface area contributed by atoms with E-state index in [1.54, 1.807) is 0 Å². The summed E-state index contributed by atoms with van der Waals surface area (Å²) in [5.41, 5.74) is 0. The molecule has 1 rings (SSSR count). The van der Waals surface area contributed by atoms with E-state index in [4.69, 9.17) is 0 Å². The Balaban J connectivity index is 2.14. The number of nitrogens with one attached hydrogen (secondary N) is 2. The van der Waals surface area contributed by atoms with E-state index in [0.29, 0.717) is 6.04 Å². The van der Waals surface area contributed by atoms with Gasteiger partial charge >= 0.3 is 0 Å². The van der Waals surface area contributed by atoms with Crippen molar-refractivity contribution in [3.05, 3.63) is 0 Å². The molecule has 0 spiro atoms. The lowest BCUT2D eigenvalue weighted by Gasteiger charge is -2.27. The van der Waals surface area contributed by atoms with Gasteiger partial charge in [-0.25, -0.2) is 0 Å². The Labute approximate surface area is 82.5 Å². The Morgan fingerprint density at radius 2 is 1.85 bits per heavy atom. The first-order valence-electron chi connectivity index (χ1n) is 5.65. The Kier molecular flexibility index (Phi) is 4.74. The second kappa shape index (κ2) is 5.61. The summed E-state index contributed by atoms with van der Waals surface area (Å²) < 4.78 is 0. The van der Waals surface area contributed by atoms with Gasteiger partial charge in [0.05, 0.1) is 0 Å². The van der Waals surface area contributed by atoms with Gasteiger partial charge in [-0.2, -0.15) is 0 Å². The minimum atomic E-state index is 0.683. The van der Waals surface area contributed by atoms with Gasteiger partial charge in [-0.1, -0.05) is 13.8 Å². The van der Waals surface area contributed by atoms with Gasteiger partial charge < -0.3 is 10.6 Å². The van der Waals surface area contributed by atoms with E-state index in [2.05, 4.69) is 31.4 Å². The average molecular weight is 184 g/mol. The standard InChI is InChI=1S/C11H24N2/c1-9(2)8-10(3)13-11-4-6-12-7-5-11/h9-13H,4-8H2,1-3H3. The maximum absolute atomic E-state index is 3.71. The maximum Gasteiger partial charge on any atom is 0.00937 e. The first kappa shape index (κ1) is 11.0. The lowest BCUT2D eigenvalue weighted by Crippen LogP contribution is -2.44. The highest BCUT2D eigenvalue weighted by Gasteiger charge is 2.15. The fourth-order valence-electron chi connectivity index (χ4n) is 2.17. The summed E-state index contributed by atoms with van der Waals surface area (Å²) >= 11 is 0. The van der Waals surface area contributed by atoms with E-state index >= 15 is 0 Å². The van der Waals surface area contributed by atoms with Crippen LogP contribution < -0.4 is 10.6 Å². The van der Waals surface area contributed by atoms with E-state index in [0.717, 1.165) is 12.0 Å². The summed E-state index contributed by atoms with van der Waals surface area (Å²) in [6, 6.07) is 1.44. The smallest absolute Gasteiger partial charge is 0.00937 e. The molecule has 13 heavy (non-hydrogen) atoms. The molecule has 78 valence electrons. The first-order chi connectivity index (χ1) is 6.18. The minimum absolute atomic E-state index is 0.683. The summed E-state index contributed by atoms with van der Waals surface area (Å²) in [6.07, 6.45) is 3.88. The van der Waals surface area contributed by atoms with Crippen LogP contribution in [0.4, 0.5) is 0 Å². The number of piperidine rings is 1. The fourth-order valence-corrected chi connectivity index (χ4v) is 2.17. The zero-order valence-corrected chi connectivity index (χ0v) is 9.27. The topological polar surface area (TPSA) is 24.1 Å². The van der Waals surface area contributed by atoms with Crippen LogP contribution in [0.5, 0.6) is 0 Å². The monoisotopic (exact) mass is 184 g/mol. The van der Waals surface area contributed by atoms with Gasteiger partial charge in [0, 0.05) is 12.1 Å². The Morgan fingerprint density at radius 1 is 1.23 bits per heavy atom. The Bertz CT molecular complexity index is 128. The molecule has 0 bridgehead atoms. The highest BCUT2D eigenvalue weighted by atomic mass is 15.0.